The quantitative estimate of drug-likeness (QED) is 0.885. The molecule has 0 radical (unpaired) electrons. The third kappa shape index (κ3) is 2.41. The van der Waals surface area contributed by atoms with Crippen molar-refractivity contribution < 1.29 is 14.7 Å². The fourth-order valence-electron chi connectivity index (χ4n) is 2.48. The third-order valence-corrected chi connectivity index (χ3v) is 4.62. The molecule has 1 aromatic heterocycles. The summed E-state index contributed by atoms with van der Waals surface area (Å²) in [6.07, 6.45) is 3.91. The molecule has 1 aromatic rings. The standard InChI is InChI=1S/C13H17NO3S/c1-3-8-4-5-9-10(6-8)18-12(14-7(2)15)11(9)13(16)17/h8H,3-6H2,1-2H3,(H,14,15)(H,16,17). The molecule has 5 heteroatoms. The van der Waals surface area contributed by atoms with Crippen molar-refractivity contribution in [1.29, 1.82) is 0 Å². The molecule has 1 aliphatic rings. The number of hydrogen-bond donors (Lipinski definition) is 2. The van der Waals surface area contributed by atoms with Gasteiger partial charge in [-0.15, -0.1) is 11.3 Å². The molecular formula is C13H17NO3S. The van der Waals surface area contributed by atoms with E-state index in [1.165, 1.54) is 18.3 Å². The Kier molecular flexibility index (Phi) is 3.71. The van der Waals surface area contributed by atoms with Crippen molar-refractivity contribution in [2.75, 3.05) is 5.32 Å². The average Bonchev–Trinajstić information content (AvgIpc) is 2.64. The Morgan fingerprint density at radius 3 is 2.78 bits per heavy atom. The van der Waals surface area contributed by atoms with E-state index in [2.05, 4.69) is 12.2 Å². The number of carboxylic acid groups (broad SMARTS) is 1. The van der Waals surface area contributed by atoms with Gasteiger partial charge in [0.1, 0.15) is 5.00 Å². The lowest BCUT2D eigenvalue weighted by Gasteiger charge is -2.20. The highest BCUT2D eigenvalue weighted by molar-refractivity contribution is 7.17. The predicted octanol–water partition coefficient (Wildman–Crippen LogP) is 2.92. The van der Waals surface area contributed by atoms with Crippen molar-refractivity contribution in [3.63, 3.8) is 0 Å². The molecule has 1 aliphatic carbocycles. The van der Waals surface area contributed by atoms with Crippen molar-refractivity contribution in [3.05, 3.63) is 16.0 Å². The number of carboxylic acids is 1. The molecule has 0 aliphatic heterocycles. The molecule has 0 bridgehead atoms. The number of thiophene rings is 1. The number of hydrogen-bond acceptors (Lipinski definition) is 3. The van der Waals surface area contributed by atoms with Gasteiger partial charge in [0.15, 0.2) is 0 Å². The molecule has 1 amide bonds. The summed E-state index contributed by atoms with van der Waals surface area (Å²) < 4.78 is 0. The van der Waals surface area contributed by atoms with E-state index in [9.17, 15) is 14.7 Å². The maximum absolute atomic E-state index is 11.3. The first-order valence-electron chi connectivity index (χ1n) is 6.18. The number of rotatable bonds is 3. The number of amides is 1. The van der Waals surface area contributed by atoms with Gasteiger partial charge in [0.2, 0.25) is 5.91 Å². The van der Waals surface area contributed by atoms with Gasteiger partial charge >= 0.3 is 5.97 Å². The van der Waals surface area contributed by atoms with E-state index in [0.29, 0.717) is 16.5 Å². The highest BCUT2D eigenvalue weighted by atomic mass is 32.1. The number of carbonyl (C=O) groups excluding carboxylic acids is 1. The summed E-state index contributed by atoms with van der Waals surface area (Å²) in [6, 6.07) is 0. The van der Waals surface area contributed by atoms with Gasteiger partial charge in [-0.2, -0.15) is 0 Å². The summed E-state index contributed by atoms with van der Waals surface area (Å²) in [6.45, 7) is 3.56. The minimum atomic E-state index is -0.939. The van der Waals surface area contributed by atoms with Crippen LogP contribution in [0, 0.1) is 5.92 Å². The molecule has 4 nitrogen and oxygen atoms in total. The monoisotopic (exact) mass is 267 g/mol. The molecule has 18 heavy (non-hydrogen) atoms. The summed E-state index contributed by atoms with van der Waals surface area (Å²) in [5, 5.41) is 12.4. The van der Waals surface area contributed by atoms with Gasteiger partial charge in [0.25, 0.3) is 0 Å². The lowest BCUT2D eigenvalue weighted by atomic mass is 9.86. The first kappa shape index (κ1) is 13.1. The van der Waals surface area contributed by atoms with E-state index in [1.54, 1.807) is 0 Å². The fourth-order valence-corrected chi connectivity index (χ4v) is 3.88. The number of fused-ring (bicyclic) bond motifs is 1. The first-order valence-corrected chi connectivity index (χ1v) is 7.00. The largest absolute Gasteiger partial charge is 0.478 e. The Hall–Kier alpha value is -1.36. The zero-order valence-corrected chi connectivity index (χ0v) is 11.4. The van der Waals surface area contributed by atoms with E-state index in [1.807, 2.05) is 0 Å². The average molecular weight is 267 g/mol. The predicted molar refractivity (Wildman–Crippen MR) is 71.4 cm³/mol. The molecule has 98 valence electrons. The Bertz CT molecular complexity index is 493. The van der Waals surface area contributed by atoms with Gasteiger partial charge < -0.3 is 10.4 Å². The highest BCUT2D eigenvalue weighted by Gasteiger charge is 2.28. The molecule has 1 heterocycles. The van der Waals surface area contributed by atoms with Crippen LogP contribution in [0.5, 0.6) is 0 Å². The Labute approximate surface area is 110 Å². The number of carbonyl (C=O) groups is 2. The third-order valence-electron chi connectivity index (χ3n) is 3.45. The summed E-state index contributed by atoms with van der Waals surface area (Å²) in [4.78, 5) is 23.6. The number of anilines is 1. The SMILES string of the molecule is CCC1CCc2c(sc(NC(C)=O)c2C(=O)O)C1. The molecule has 0 aromatic carbocycles. The maximum atomic E-state index is 11.3. The second-order valence-electron chi connectivity index (χ2n) is 4.71. The van der Waals surface area contributed by atoms with E-state index in [-0.39, 0.29) is 5.91 Å². The van der Waals surface area contributed by atoms with E-state index in [0.717, 1.165) is 36.1 Å². The van der Waals surface area contributed by atoms with Crippen LogP contribution in [0.4, 0.5) is 5.00 Å². The normalized spacial score (nSPS) is 18.2. The second-order valence-corrected chi connectivity index (χ2v) is 5.82. The van der Waals surface area contributed by atoms with Crippen LogP contribution in [-0.4, -0.2) is 17.0 Å². The zero-order valence-electron chi connectivity index (χ0n) is 10.6. The molecule has 1 unspecified atom stereocenters. The second kappa shape index (κ2) is 5.10. The fraction of sp³-hybridized carbons (Fsp3) is 0.538. The lowest BCUT2D eigenvalue weighted by Crippen LogP contribution is -2.14. The highest BCUT2D eigenvalue weighted by Crippen LogP contribution is 2.40. The molecule has 2 N–H and O–H groups in total. The van der Waals surface area contributed by atoms with Crippen LogP contribution < -0.4 is 5.32 Å². The van der Waals surface area contributed by atoms with Gasteiger partial charge in [0, 0.05) is 11.8 Å². The Morgan fingerprint density at radius 1 is 1.50 bits per heavy atom. The van der Waals surface area contributed by atoms with Gasteiger partial charge in [-0.25, -0.2) is 4.79 Å². The lowest BCUT2D eigenvalue weighted by molar-refractivity contribution is -0.114. The van der Waals surface area contributed by atoms with Crippen LogP contribution >= 0.6 is 11.3 Å². The maximum Gasteiger partial charge on any atom is 0.339 e. The molecule has 0 saturated heterocycles. The summed E-state index contributed by atoms with van der Waals surface area (Å²) in [7, 11) is 0. The Balaban J connectivity index is 2.40. The van der Waals surface area contributed by atoms with Gasteiger partial charge in [-0.1, -0.05) is 13.3 Å². The molecule has 0 fully saturated rings. The number of nitrogens with one attached hydrogen (secondary N) is 1. The minimum Gasteiger partial charge on any atom is -0.478 e. The van der Waals surface area contributed by atoms with Crippen molar-refractivity contribution in [3.8, 4) is 0 Å². The molecular weight excluding hydrogens is 250 g/mol. The first-order chi connectivity index (χ1) is 8.52. The van der Waals surface area contributed by atoms with Crippen LogP contribution in [0.1, 0.15) is 47.5 Å². The molecule has 0 saturated carbocycles. The smallest absolute Gasteiger partial charge is 0.339 e. The van der Waals surface area contributed by atoms with E-state index >= 15 is 0 Å². The van der Waals surface area contributed by atoms with Crippen molar-refractivity contribution in [2.24, 2.45) is 5.92 Å². The van der Waals surface area contributed by atoms with E-state index in [4.69, 9.17) is 0 Å². The van der Waals surface area contributed by atoms with Crippen LogP contribution in [-0.2, 0) is 17.6 Å². The summed E-state index contributed by atoms with van der Waals surface area (Å²) >= 11 is 1.42. The Morgan fingerprint density at radius 2 is 2.22 bits per heavy atom. The topological polar surface area (TPSA) is 66.4 Å². The minimum absolute atomic E-state index is 0.219. The van der Waals surface area contributed by atoms with Crippen LogP contribution in [0.2, 0.25) is 0 Å². The zero-order chi connectivity index (χ0) is 13.3. The van der Waals surface area contributed by atoms with Crippen LogP contribution in [0.3, 0.4) is 0 Å². The van der Waals surface area contributed by atoms with Crippen LogP contribution in [0.15, 0.2) is 0 Å². The number of aromatic carboxylic acids is 1. The summed E-state index contributed by atoms with van der Waals surface area (Å²) in [5.41, 5.74) is 1.24. The van der Waals surface area contributed by atoms with Gasteiger partial charge in [-0.3, -0.25) is 4.79 Å². The van der Waals surface area contributed by atoms with Crippen molar-refractivity contribution in [1.82, 2.24) is 0 Å². The van der Waals surface area contributed by atoms with Gasteiger partial charge in [0.05, 0.1) is 5.56 Å². The molecule has 1 atom stereocenters. The molecule has 0 spiro atoms. The van der Waals surface area contributed by atoms with Crippen molar-refractivity contribution in [2.45, 2.75) is 39.5 Å². The van der Waals surface area contributed by atoms with Gasteiger partial charge in [-0.05, 0) is 30.7 Å². The van der Waals surface area contributed by atoms with Crippen LogP contribution in [0.25, 0.3) is 0 Å². The summed E-state index contributed by atoms with van der Waals surface area (Å²) in [5.74, 6) is -0.516. The molecule has 2 rings (SSSR count). The van der Waals surface area contributed by atoms with Crippen molar-refractivity contribution >= 4 is 28.2 Å². The van der Waals surface area contributed by atoms with E-state index < -0.39 is 5.97 Å².